The molecule has 4 N–H and O–H groups in total. The molecule has 1 aliphatic carbocycles. The van der Waals surface area contributed by atoms with Gasteiger partial charge in [0.1, 0.15) is 5.82 Å². The van der Waals surface area contributed by atoms with Gasteiger partial charge >= 0.3 is 0 Å². The molecule has 1 aliphatic heterocycles. The molecule has 4 rings (SSSR count). The van der Waals surface area contributed by atoms with E-state index in [4.69, 9.17) is 0 Å². The molecule has 2 heterocycles. The number of H-pyrrole nitrogens is 1. The zero-order valence-electron chi connectivity index (χ0n) is 16.4. The molecule has 0 radical (unpaired) electrons. The standard InChI is InChI=1S/C22H24FN3O3/c1-11-18(10-15-14-9-13(23)7-8-16(14)25-21(15)28)24-12(2)20(11)22(29)26-17-5-3-4-6-19(17)27/h7-10,17,19,24,27H,3-6H2,1-2H3,(H,25,28)(H,26,29)/t17-,19-/m0/s1. The first kappa shape index (κ1) is 19.4. The summed E-state index contributed by atoms with van der Waals surface area (Å²) in [4.78, 5) is 28.4. The Hall–Kier alpha value is -2.93. The molecule has 0 spiro atoms. The van der Waals surface area contributed by atoms with Crippen LogP contribution in [0.15, 0.2) is 18.2 Å². The minimum Gasteiger partial charge on any atom is -0.391 e. The maximum Gasteiger partial charge on any atom is 0.256 e. The third-order valence-corrected chi connectivity index (χ3v) is 5.80. The molecule has 152 valence electrons. The molecule has 0 saturated heterocycles. The van der Waals surface area contributed by atoms with Crippen molar-refractivity contribution in [1.82, 2.24) is 10.3 Å². The van der Waals surface area contributed by atoms with E-state index >= 15 is 0 Å². The zero-order valence-corrected chi connectivity index (χ0v) is 16.4. The van der Waals surface area contributed by atoms with Crippen LogP contribution in [0.4, 0.5) is 10.1 Å². The first-order valence-electron chi connectivity index (χ1n) is 9.86. The summed E-state index contributed by atoms with van der Waals surface area (Å²) in [6.45, 7) is 3.60. The number of aliphatic hydroxyl groups is 1. The maximum atomic E-state index is 13.7. The highest BCUT2D eigenvalue weighted by Crippen LogP contribution is 2.34. The third kappa shape index (κ3) is 3.58. The Bertz CT molecular complexity index is 1020. The number of fused-ring (bicyclic) bond motifs is 1. The van der Waals surface area contributed by atoms with Crippen molar-refractivity contribution < 1.29 is 19.1 Å². The Balaban J connectivity index is 1.64. The van der Waals surface area contributed by atoms with Crippen LogP contribution < -0.4 is 10.6 Å². The summed E-state index contributed by atoms with van der Waals surface area (Å²) >= 11 is 0. The largest absolute Gasteiger partial charge is 0.391 e. The molecule has 0 bridgehead atoms. The van der Waals surface area contributed by atoms with Crippen LogP contribution >= 0.6 is 0 Å². The second-order valence-corrected chi connectivity index (χ2v) is 7.80. The Labute approximate surface area is 168 Å². The predicted octanol–water partition coefficient (Wildman–Crippen LogP) is 3.30. The molecule has 1 saturated carbocycles. The number of hydrogen-bond donors (Lipinski definition) is 4. The fraction of sp³-hybridized carbons (Fsp3) is 0.364. The van der Waals surface area contributed by atoms with Crippen molar-refractivity contribution in [2.45, 2.75) is 51.7 Å². The van der Waals surface area contributed by atoms with Gasteiger partial charge in [-0.05, 0) is 56.5 Å². The number of carbonyl (C=O) groups is 2. The monoisotopic (exact) mass is 397 g/mol. The number of amides is 2. The molecule has 0 unspecified atom stereocenters. The predicted molar refractivity (Wildman–Crippen MR) is 109 cm³/mol. The van der Waals surface area contributed by atoms with Crippen molar-refractivity contribution in [3.8, 4) is 0 Å². The molecule has 7 heteroatoms. The van der Waals surface area contributed by atoms with Gasteiger partial charge in [-0.3, -0.25) is 9.59 Å². The number of aromatic amines is 1. The zero-order chi connectivity index (χ0) is 20.7. The number of aromatic nitrogens is 1. The minimum atomic E-state index is -0.526. The summed E-state index contributed by atoms with van der Waals surface area (Å²) in [5, 5.41) is 15.8. The Morgan fingerprint density at radius 3 is 2.79 bits per heavy atom. The van der Waals surface area contributed by atoms with E-state index in [0.717, 1.165) is 19.3 Å². The van der Waals surface area contributed by atoms with Crippen LogP contribution in [0.5, 0.6) is 0 Å². The lowest BCUT2D eigenvalue weighted by Crippen LogP contribution is -2.45. The van der Waals surface area contributed by atoms with Crippen molar-refractivity contribution in [1.29, 1.82) is 0 Å². The van der Waals surface area contributed by atoms with Crippen LogP contribution in [-0.2, 0) is 4.79 Å². The third-order valence-electron chi connectivity index (χ3n) is 5.80. The van der Waals surface area contributed by atoms with Crippen molar-refractivity contribution >= 4 is 29.2 Å². The number of hydrogen-bond acceptors (Lipinski definition) is 3. The van der Waals surface area contributed by atoms with E-state index in [9.17, 15) is 19.1 Å². The summed E-state index contributed by atoms with van der Waals surface area (Å²) in [7, 11) is 0. The summed E-state index contributed by atoms with van der Waals surface area (Å²) < 4.78 is 13.7. The van der Waals surface area contributed by atoms with Crippen molar-refractivity contribution in [3.63, 3.8) is 0 Å². The van der Waals surface area contributed by atoms with E-state index in [0.29, 0.717) is 45.8 Å². The molecule has 2 amide bonds. The van der Waals surface area contributed by atoms with Crippen molar-refractivity contribution in [2.24, 2.45) is 0 Å². The summed E-state index contributed by atoms with van der Waals surface area (Å²) in [5.41, 5.74) is 3.92. The molecule has 6 nitrogen and oxygen atoms in total. The first-order chi connectivity index (χ1) is 13.8. The van der Waals surface area contributed by atoms with Gasteiger partial charge in [-0.25, -0.2) is 4.39 Å². The lowest BCUT2D eigenvalue weighted by Gasteiger charge is -2.28. The number of carbonyl (C=O) groups excluding carboxylic acids is 2. The van der Waals surface area contributed by atoms with Gasteiger partial charge in [0.2, 0.25) is 0 Å². The number of nitrogens with one attached hydrogen (secondary N) is 3. The number of anilines is 1. The molecule has 2 aromatic rings. The minimum absolute atomic E-state index is 0.242. The van der Waals surface area contributed by atoms with Gasteiger partial charge in [-0.2, -0.15) is 0 Å². The van der Waals surface area contributed by atoms with Gasteiger partial charge in [0.05, 0.1) is 23.3 Å². The molecular formula is C22H24FN3O3. The number of halogens is 1. The fourth-order valence-electron chi connectivity index (χ4n) is 4.23. The molecule has 1 fully saturated rings. The van der Waals surface area contributed by atoms with E-state index in [1.807, 2.05) is 0 Å². The van der Waals surface area contributed by atoms with Gasteiger partial charge in [-0.15, -0.1) is 0 Å². The molecular weight excluding hydrogens is 373 g/mol. The van der Waals surface area contributed by atoms with Crippen molar-refractivity contribution in [2.75, 3.05) is 5.32 Å². The van der Waals surface area contributed by atoms with E-state index < -0.39 is 11.9 Å². The number of benzene rings is 1. The van der Waals surface area contributed by atoms with Gasteiger partial charge in [-0.1, -0.05) is 12.8 Å². The van der Waals surface area contributed by atoms with Crippen LogP contribution in [0.3, 0.4) is 0 Å². The molecule has 1 aromatic heterocycles. The summed E-state index contributed by atoms with van der Waals surface area (Å²) in [5.74, 6) is -0.973. The maximum absolute atomic E-state index is 13.7. The molecule has 2 atom stereocenters. The van der Waals surface area contributed by atoms with Crippen LogP contribution in [-0.4, -0.2) is 34.1 Å². The SMILES string of the molecule is Cc1[nH]c(C=C2C(=O)Nc3ccc(F)cc32)c(C)c1C(=O)N[C@H]1CCCC[C@@H]1O. The summed E-state index contributed by atoms with van der Waals surface area (Å²) in [6.07, 6.45) is 4.53. The average Bonchev–Trinajstić information content (AvgIpc) is 3.13. The quantitative estimate of drug-likeness (QED) is 0.599. The second-order valence-electron chi connectivity index (χ2n) is 7.80. The Kier molecular flexibility index (Phi) is 5.00. The topological polar surface area (TPSA) is 94.2 Å². The van der Waals surface area contributed by atoms with Gasteiger partial charge in [0.15, 0.2) is 0 Å². The second kappa shape index (κ2) is 7.48. The lowest BCUT2D eigenvalue weighted by atomic mass is 9.92. The van der Waals surface area contributed by atoms with E-state index in [-0.39, 0.29) is 17.9 Å². The normalized spacial score (nSPS) is 22.5. The van der Waals surface area contributed by atoms with E-state index in [1.54, 1.807) is 19.9 Å². The number of aryl methyl sites for hydroxylation is 1. The highest BCUT2D eigenvalue weighted by atomic mass is 19.1. The number of rotatable bonds is 3. The van der Waals surface area contributed by atoms with Crippen LogP contribution in [0, 0.1) is 19.7 Å². The van der Waals surface area contributed by atoms with Crippen LogP contribution in [0.2, 0.25) is 0 Å². The smallest absolute Gasteiger partial charge is 0.256 e. The van der Waals surface area contributed by atoms with E-state index in [2.05, 4.69) is 15.6 Å². The fourth-order valence-corrected chi connectivity index (χ4v) is 4.23. The van der Waals surface area contributed by atoms with Gasteiger partial charge in [0.25, 0.3) is 11.8 Å². The Morgan fingerprint density at radius 2 is 2.03 bits per heavy atom. The van der Waals surface area contributed by atoms with Crippen molar-refractivity contribution in [3.05, 3.63) is 52.1 Å². The summed E-state index contributed by atoms with van der Waals surface area (Å²) in [6, 6.07) is 3.91. The average molecular weight is 397 g/mol. The van der Waals surface area contributed by atoms with E-state index in [1.165, 1.54) is 18.2 Å². The van der Waals surface area contributed by atoms with Gasteiger partial charge in [0, 0.05) is 22.6 Å². The highest BCUT2D eigenvalue weighted by Gasteiger charge is 2.28. The highest BCUT2D eigenvalue weighted by molar-refractivity contribution is 6.34. The Morgan fingerprint density at radius 1 is 1.28 bits per heavy atom. The van der Waals surface area contributed by atoms with Gasteiger partial charge < -0.3 is 20.7 Å². The molecule has 2 aliphatic rings. The molecule has 29 heavy (non-hydrogen) atoms. The number of aliphatic hydroxyl groups excluding tert-OH is 1. The first-order valence-corrected chi connectivity index (χ1v) is 9.86. The lowest BCUT2D eigenvalue weighted by molar-refractivity contribution is -0.110. The van der Waals surface area contributed by atoms with Crippen LogP contribution in [0.25, 0.3) is 11.6 Å². The molecule has 1 aromatic carbocycles. The van der Waals surface area contributed by atoms with Crippen LogP contribution in [0.1, 0.15) is 58.6 Å².